The van der Waals surface area contributed by atoms with Crippen molar-refractivity contribution in [2.75, 3.05) is 15.6 Å². The van der Waals surface area contributed by atoms with Crippen LogP contribution >= 0.6 is 0 Å². The van der Waals surface area contributed by atoms with Crippen LogP contribution in [-0.4, -0.2) is 26.0 Å². The fourth-order valence-corrected chi connectivity index (χ4v) is 6.63. The van der Waals surface area contributed by atoms with Gasteiger partial charge in [-0.2, -0.15) is 0 Å². The minimum Gasteiger partial charge on any atom is -0.304 e. The highest BCUT2D eigenvalue weighted by atomic mass is 32.2. The number of benzene rings is 3. The quantitative estimate of drug-likeness (QED) is 0.614. The second-order valence-electron chi connectivity index (χ2n) is 7.94. The van der Waals surface area contributed by atoms with Crippen molar-refractivity contribution in [1.82, 2.24) is 0 Å². The lowest BCUT2D eigenvalue weighted by Gasteiger charge is -2.32. The first-order valence-corrected chi connectivity index (χ1v) is 11.7. The molecule has 3 aromatic carbocycles. The van der Waals surface area contributed by atoms with Crippen LogP contribution in [0, 0.1) is 12.7 Å². The molecule has 1 atom stereocenters. The summed E-state index contributed by atoms with van der Waals surface area (Å²) < 4.78 is 40.6. The molecule has 1 unspecified atom stereocenters. The van der Waals surface area contributed by atoms with Gasteiger partial charge in [0.05, 0.1) is 12.2 Å². The molecule has 0 aliphatic carbocycles. The molecule has 2 amide bonds. The Morgan fingerprint density at radius 2 is 1.59 bits per heavy atom. The summed E-state index contributed by atoms with van der Waals surface area (Å²) in [6.07, 6.45) is 0. The van der Waals surface area contributed by atoms with Crippen molar-refractivity contribution in [2.24, 2.45) is 0 Å². The highest BCUT2D eigenvalue weighted by molar-refractivity contribution is 7.94. The third-order valence-electron chi connectivity index (χ3n) is 6.10. The van der Waals surface area contributed by atoms with Crippen LogP contribution in [0.15, 0.2) is 72.8 Å². The first kappa shape index (κ1) is 20.4. The van der Waals surface area contributed by atoms with Gasteiger partial charge >= 0.3 is 0 Å². The van der Waals surface area contributed by atoms with Gasteiger partial charge in [-0.05, 0) is 48.4 Å². The van der Waals surface area contributed by atoms with E-state index in [2.05, 4.69) is 0 Å². The normalized spacial score (nSPS) is 21.4. The van der Waals surface area contributed by atoms with Crippen LogP contribution in [0.2, 0.25) is 0 Å². The molecule has 2 aliphatic heterocycles. The molecule has 162 valence electrons. The number of amides is 2. The molecular weight excluding hydrogens is 431 g/mol. The monoisotopic (exact) mass is 450 g/mol. The number of carbonyl (C=O) groups is 2. The molecule has 3 aromatic rings. The third-order valence-corrected chi connectivity index (χ3v) is 8.20. The molecular formula is C24H19FN2O4S. The molecule has 6 nitrogen and oxygen atoms in total. The zero-order chi connectivity index (χ0) is 22.7. The molecule has 0 saturated carbocycles. The van der Waals surface area contributed by atoms with Gasteiger partial charge in [0.2, 0.25) is 5.91 Å². The zero-order valence-electron chi connectivity index (χ0n) is 17.2. The molecule has 1 spiro atoms. The van der Waals surface area contributed by atoms with E-state index in [9.17, 15) is 22.4 Å². The van der Waals surface area contributed by atoms with Gasteiger partial charge in [-0.15, -0.1) is 0 Å². The van der Waals surface area contributed by atoms with Gasteiger partial charge in [0.15, 0.2) is 9.84 Å². The van der Waals surface area contributed by atoms with Crippen LogP contribution in [0.3, 0.4) is 0 Å². The Balaban J connectivity index is 1.74. The predicted octanol–water partition coefficient (Wildman–Crippen LogP) is 3.30. The number of halogens is 1. The molecule has 2 aliphatic rings. The first-order valence-electron chi connectivity index (χ1n) is 10.0. The first-order chi connectivity index (χ1) is 15.3. The Labute approximate surface area is 184 Å². The van der Waals surface area contributed by atoms with Gasteiger partial charge in [0, 0.05) is 11.3 Å². The van der Waals surface area contributed by atoms with Gasteiger partial charge in [0.1, 0.15) is 11.6 Å². The van der Waals surface area contributed by atoms with Crippen molar-refractivity contribution in [2.45, 2.75) is 18.3 Å². The van der Waals surface area contributed by atoms with Crippen LogP contribution in [0.1, 0.15) is 16.7 Å². The van der Waals surface area contributed by atoms with Crippen LogP contribution in [0.4, 0.5) is 15.8 Å². The maximum absolute atomic E-state index is 14.0. The van der Waals surface area contributed by atoms with Crippen LogP contribution in [-0.2, 0) is 30.8 Å². The Bertz CT molecular complexity index is 1370. The fraction of sp³-hybridized carbons (Fsp3) is 0.167. The number of anilines is 2. The highest BCUT2D eigenvalue weighted by Crippen LogP contribution is 2.52. The van der Waals surface area contributed by atoms with Crippen molar-refractivity contribution in [3.05, 3.63) is 95.3 Å². The maximum Gasteiger partial charge on any atom is 0.274 e. The molecule has 0 aromatic heterocycles. The highest BCUT2D eigenvalue weighted by Gasteiger charge is 2.69. The van der Waals surface area contributed by atoms with E-state index < -0.39 is 38.1 Å². The average molecular weight is 450 g/mol. The number of carbonyl (C=O) groups excluding carboxylic acids is 2. The molecule has 1 saturated heterocycles. The van der Waals surface area contributed by atoms with Crippen molar-refractivity contribution < 1.29 is 22.4 Å². The topological polar surface area (TPSA) is 74.8 Å². The van der Waals surface area contributed by atoms with Crippen molar-refractivity contribution >= 4 is 33.0 Å². The van der Waals surface area contributed by atoms with E-state index in [1.807, 2.05) is 31.2 Å². The van der Waals surface area contributed by atoms with Crippen molar-refractivity contribution in [3.8, 4) is 0 Å². The Morgan fingerprint density at radius 3 is 2.31 bits per heavy atom. The lowest BCUT2D eigenvalue weighted by Crippen LogP contribution is -2.54. The molecule has 0 bridgehead atoms. The van der Waals surface area contributed by atoms with Crippen molar-refractivity contribution in [3.63, 3.8) is 0 Å². The summed E-state index contributed by atoms with van der Waals surface area (Å²) >= 11 is 0. The number of aryl methyl sites for hydroxylation is 1. The van der Waals surface area contributed by atoms with E-state index in [1.165, 1.54) is 17.0 Å². The predicted molar refractivity (Wildman–Crippen MR) is 118 cm³/mol. The van der Waals surface area contributed by atoms with Crippen LogP contribution in [0.5, 0.6) is 0 Å². The van der Waals surface area contributed by atoms with E-state index in [4.69, 9.17) is 0 Å². The molecule has 5 rings (SSSR count). The molecule has 2 heterocycles. The summed E-state index contributed by atoms with van der Waals surface area (Å²) in [4.78, 5) is 27.2. The Hall–Kier alpha value is -3.52. The number of hydrogen-bond donors (Lipinski definition) is 0. The minimum atomic E-state index is -4.25. The summed E-state index contributed by atoms with van der Waals surface area (Å²) in [6.45, 7) is 2.07. The van der Waals surface area contributed by atoms with Gasteiger partial charge in [-0.3, -0.25) is 14.5 Å². The third kappa shape index (κ3) is 2.65. The Kier molecular flexibility index (Phi) is 4.46. The molecule has 8 heteroatoms. The standard InChI is InChI=1S/C24H19FN2O4S/c1-16-6-2-3-7-17(16)14-26-21-9-5-4-8-20(21)24(23(26)29)27(22(28)15-32(24,30)31)19-12-10-18(25)11-13-19/h2-13H,14-15H2,1H3. The average Bonchev–Trinajstić information content (AvgIpc) is 3.13. The number of rotatable bonds is 3. The largest absolute Gasteiger partial charge is 0.304 e. The Morgan fingerprint density at radius 1 is 0.938 bits per heavy atom. The second kappa shape index (κ2) is 7.00. The van der Waals surface area contributed by atoms with Crippen LogP contribution < -0.4 is 9.80 Å². The summed E-state index contributed by atoms with van der Waals surface area (Å²) in [7, 11) is -4.25. The molecule has 0 radical (unpaired) electrons. The summed E-state index contributed by atoms with van der Waals surface area (Å²) in [6, 6.07) is 19.1. The smallest absolute Gasteiger partial charge is 0.274 e. The lowest BCUT2D eigenvalue weighted by atomic mass is 10.0. The number of sulfone groups is 1. The molecule has 0 N–H and O–H groups in total. The van der Waals surface area contributed by atoms with E-state index in [1.54, 1.807) is 24.3 Å². The van der Waals surface area contributed by atoms with Gasteiger partial charge in [-0.1, -0.05) is 42.5 Å². The summed E-state index contributed by atoms with van der Waals surface area (Å²) in [5.74, 6) is -2.77. The van der Waals surface area contributed by atoms with E-state index in [0.717, 1.165) is 28.2 Å². The fourth-order valence-electron chi connectivity index (χ4n) is 4.60. The van der Waals surface area contributed by atoms with Crippen molar-refractivity contribution in [1.29, 1.82) is 0 Å². The minimum absolute atomic E-state index is 0.151. The molecule has 1 fully saturated rings. The van der Waals surface area contributed by atoms with E-state index in [0.29, 0.717) is 5.69 Å². The SMILES string of the molecule is Cc1ccccc1CN1C(=O)C2(c3ccccc31)N(c1ccc(F)cc1)C(=O)CS2(=O)=O. The lowest BCUT2D eigenvalue weighted by molar-refractivity contribution is -0.123. The second-order valence-corrected chi connectivity index (χ2v) is 10.1. The van der Waals surface area contributed by atoms with Crippen LogP contribution in [0.25, 0.3) is 0 Å². The van der Waals surface area contributed by atoms with Gasteiger partial charge < -0.3 is 4.90 Å². The zero-order valence-corrected chi connectivity index (χ0v) is 18.0. The number of para-hydroxylation sites is 1. The molecule has 32 heavy (non-hydrogen) atoms. The number of nitrogens with zero attached hydrogens (tertiary/aromatic N) is 2. The van der Waals surface area contributed by atoms with E-state index >= 15 is 0 Å². The summed E-state index contributed by atoms with van der Waals surface area (Å²) in [5.41, 5.74) is 2.64. The maximum atomic E-state index is 14.0. The number of hydrogen-bond acceptors (Lipinski definition) is 4. The van der Waals surface area contributed by atoms with Gasteiger partial charge in [-0.25, -0.2) is 12.8 Å². The van der Waals surface area contributed by atoms with Gasteiger partial charge in [0.25, 0.3) is 10.8 Å². The summed E-state index contributed by atoms with van der Waals surface area (Å²) in [5, 5.41) is 0. The van der Waals surface area contributed by atoms with E-state index in [-0.39, 0.29) is 17.8 Å². The number of fused-ring (bicyclic) bond motifs is 2.